The molecule has 4 heteroatoms. The number of nitrogens with zero attached hydrogens (tertiary/aromatic N) is 3. The van der Waals surface area contributed by atoms with Gasteiger partial charge in [0.15, 0.2) is 0 Å². The van der Waals surface area contributed by atoms with E-state index in [0.29, 0.717) is 12.5 Å². The topological polar surface area (TPSA) is 47.1 Å². The molecule has 0 spiro atoms. The summed E-state index contributed by atoms with van der Waals surface area (Å²) in [7, 11) is 2.02. The van der Waals surface area contributed by atoms with Crippen molar-refractivity contribution in [2.75, 3.05) is 26.2 Å². The van der Waals surface area contributed by atoms with Crippen LogP contribution in [-0.4, -0.2) is 40.9 Å². The van der Waals surface area contributed by atoms with Crippen molar-refractivity contribution in [2.24, 2.45) is 12.8 Å². The van der Waals surface area contributed by atoms with Crippen LogP contribution >= 0.6 is 0 Å². The summed E-state index contributed by atoms with van der Waals surface area (Å²) in [4.78, 5) is 2.59. The van der Waals surface area contributed by atoms with Gasteiger partial charge in [-0.15, -0.1) is 0 Å². The predicted octanol–water partition coefficient (Wildman–Crippen LogP) is 1.96. The molecule has 2 rings (SSSR count). The molecule has 1 aliphatic rings. The zero-order valence-corrected chi connectivity index (χ0v) is 12.7. The summed E-state index contributed by atoms with van der Waals surface area (Å²) in [5, 5.41) is 4.53. The second kappa shape index (κ2) is 6.53. The van der Waals surface area contributed by atoms with Gasteiger partial charge < -0.3 is 10.6 Å². The number of likely N-dealkylation sites (tertiary alicyclic amines) is 1. The Morgan fingerprint density at radius 1 is 1.16 bits per heavy atom. The molecule has 2 heterocycles. The van der Waals surface area contributed by atoms with E-state index in [2.05, 4.69) is 23.8 Å². The molecule has 1 atom stereocenters. The molecular formula is C15H28N4. The average Bonchev–Trinajstić information content (AvgIpc) is 2.61. The van der Waals surface area contributed by atoms with Crippen molar-refractivity contribution in [1.29, 1.82) is 0 Å². The summed E-state index contributed by atoms with van der Waals surface area (Å²) in [6.07, 6.45) is 5.44. The first-order valence-corrected chi connectivity index (χ1v) is 7.56. The summed E-state index contributed by atoms with van der Waals surface area (Å²) in [6.45, 7) is 8.52. The summed E-state index contributed by atoms with van der Waals surface area (Å²) >= 11 is 0. The van der Waals surface area contributed by atoms with E-state index in [1.165, 1.54) is 50.0 Å². The number of hydrogen-bond acceptors (Lipinski definition) is 3. The lowest BCUT2D eigenvalue weighted by molar-refractivity contribution is 0.267. The van der Waals surface area contributed by atoms with E-state index in [1.54, 1.807) is 0 Å². The highest BCUT2D eigenvalue weighted by molar-refractivity contribution is 5.29. The molecular weight excluding hydrogens is 236 g/mol. The van der Waals surface area contributed by atoms with Crippen LogP contribution in [-0.2, 0) is 7.05 Å². The zero-order chi connectivity index (χ0) is 13.8. The number of nitrogens with two attached hydrogens (primary N) is 1. The summed E-state index contributed by atoms with van der Waals surface area (Å²) in [5.41, 5.74) is 9.82. The molecule has 1 aromatic rings. The second-order valence-corrected chi connectivity index (χ2v) is 5.86. The highest BCUT2D eigenvalue weighted by Gasteiger charge is 2.22. The normalized spacial score (nSPS) is 19.4. The number of hydrogen-bond donors (Lipinski definition) is 1. The maximum Gasteiger partial charge on any atom is 0.0632 e. The summed E-state index contributed by atoms with van der Waals surface area (Å²) < 4.78 is 1.98. The Morgan fingerprint density at radius 3 is 2.26 bits per heavy atom. The van der Waals surface area contributed by atoms with Gasteiger partial charge >= 0.3 is 0 Å². The fourth-order valence-electron chi connectivity index (χ4n) is 3.29. The maximum absolute atomic E-state index is 6.04. The summed E-state index contributed by atoms with van der Waals surface area (Å²) in [6, 6.07) is 0. The molecule has 19 heavy (non-hydrogen) atoms. The number of rotatable bonds is 4. The van der Waals surface area contributed by atoms with E-state index in [1.807, 2.05) is 11.7 Å². The average molecular weight is 264 g/mol. The molecule has 0 saturated carbocycles. The number of aryl methyl sites for hydroxylation is 2. The van der Waals surface area contributed by atoms with E-state index in [9.17, 15) is 0 Å². The molecule has 0 aromatic carbocycles. The van der Waals surface area contributed by atoms with Crippen LogP contribution < -0.4 is 5.73 Å². The van der Waals surface area contributed by atoms with Crippen molar-refractivity contribution in [3.63, 3.8) is 0 Å². The zero-order valence-electron chi connectivity index (χ0n) is 12.7. The van der Waals surface area contributed by atoms with Crippen molar-refractivity contribution in [2.45, 2.75) is 45.4 Å². The molecule has 1 unspecified atom stereocenters. The van der Waals surface area contributed by atoms with Gasteiger partial charge in [-0.1, -0.05) is 12.8 Å². The Hall–Kier alpha value is -0.870. The van der Waals surface area contributed by atoms with Crippen LogP contribution in [0.5, 0.6) is 0 Å². The van der Waals surface area contributed by atoms with E-state index >= 15 is 0 Å². The van der Waals surface area contributed by atoms with Crippen LogP contribution in [0.2, 0.25) is 0 Å². The van der Waals surface area contributed by atoms with Gasteiger partial charge in [-0.2, -0.15) is 5.10 Å². The number of aromatic nitrogens is 2. The first-order chi connectivity index (χ1) is 9.13. The Kier molecular flexibility index (Phi) is 4.99. The molecule has 0 amide bonds. The minimum atomic E-state index is 0.423. The maximum atomic E-state index is 6.04. The Balaban J connectivity index is 2.10. The molecule has 1 aromatic heterocycles. The first-order valence-electron chi connectivity index (χ1n) is 7.56. The van der Waals surface area contributed by atoms with Crippen LogP contribution in [0.1, 0.15) is 48.6 Å². The van der Waals surface area contributed by atoms with E-state index in [-0.39, 0.29) is 0 Å². The molecule has 0 radical (unpaired) electrons. The fraction of sp³-hybridized carbons (Fsp3) is 0.800. The van der Waals surface area contributed by atoms with Gasteiger partial charge in [0.05, 0.1) is 5.69 Å². The minimum Gasteiger partial charge on any atom is -0.330 e. The molecule has 2 N–H and O–H groups in total. The van der Waals surface area contributed by atoms with Crippen LogP contribution in [0, 0.1) is 13.8 Å². The van der Waals surface area contributed by atoms with Crippen LogP contribution in [0.15, 0.2) is 0 Å². The first kappa shape index (κ1) is 14.5. The fourth-order valence-corrected chi connectivity index (χ4v) is 3.29. The van der Waals surface area contributed by atoms with Crippen molar-refractivity contribution in [1.82, 2.24) is 14.7 Å². The predicted molar refractivity (Wildman–Crippen MR) is 79.4 cm³/mol. The smallest absolute Gasteiger partial charge is 0.0632 e. The molecule has 4 nitrogen and oxygen atoms in total. The molecule has 0 bridgehead atoms. The molecule has 108 valence electrons. The monoisotopic (exact) mass is 264 g/mol. The van der Waals surface area contributed by atoms with Gasteiger partial charge in [0.25, 0.3) is 0 Å². The van der Waals surface area contributed by atoms with Gasteiger partial charge in [0.2, 0.25) is 0 Å². The Morgan fingerprint density at radius 2 is 1.79 bits per heavy atom. The van der Waals surface area contributed by atoms with Crippen molar-refractivity contribution in [3.8, 4) is 0 Å². The van der Waals surface area contributed by atoms with Crippen molar-refractivity contribution < 1.29 is 0 Å². The lowest BCUT2D eigenvalue weighted by Crippen LogP contribution is -2.33. The molecule has 0 aliphatic carbocycles. The summed E-state index contributed by atoms with van der Waals surface area (Å²) in [5.74, 6) is 0.423. The third kappa shape index (κ3) is 3.37. The molecule has 1 aliphatic heterocycles. The second-order valence-electron chi connectivity index (χ2n) is 5.86. The van der Waals surface area contributed by atoms with Gasteiger partial charge in [0.1, 0.15) is 0 Å². The standard InChI is InChI=1S/C15H28N4/c1-12-15(13(2)18(3)17-12)14(10-16)11-19-8-6-4-5-7-9-19/h14H,4-11,16H2,1-3H3. The third-order valence-electron chi connectivity index (χ3n) is 4.44. The molecule has 1 saturated heterocycles. The van der Waals surface area contributed by atoms with Crippen LogP contribution in [0.4, 0.5) is 0 Å². The van der Waals surface area contributed by atoms with E-state index < -0.39 is 0 Å². The van der Waals surface area contributed by atoms with Crippen LogP contribution in [0.25, 0.3) is 0 Å². The highest BCUT2D eigenvalue weighted by Crippen LogP contribution is 2.24. The minimum absolute atomic E-state index is 0.423. The van der Waals surface area contributed by atoms with Gasteiger partial charge in [0, 0.05) is 37.3 Å². The van der Waals surface area contributed by atoms with Gasteiger partial charge in [-0.3, -0.25) is 4.68 Å². The lowest BCUT2D eigenvalue weighted by Gasteiger charge is -2.26. The Labute approximate surface area is 117 Å². The van der Waals surface area contributed by atoms with Crippen molar-refractivity contribution in [3.05, 3.63) is 17.0 Å². The van der Waals surface area contributed by atoms with Gasteiger partial charge in [-0.05, 0) is 39.8 Å². The third-order valence-corrected chi connectivity index (χ3v) is 4.44. The van der Waals surface area contributed by atoms with Crippen molar-refractivity contribution >= 4 is 0 Å². The van der Waals surface area contributed by atoms with Gasteiger partial charge in [-0.25, -0.2) is 0 Å². The Bertz CT molecular complexity index is 403. The van der Waals surface area contributed by atoms with E-state index in [0.717, 1.165) is 12.2 Å². The van der Waals surface area contributed by atoms with E-state index in [4.69, 9.17) is 5.73 Å². The quantitative estimate of drug-likeness (QED) is 0.904. The lowest BCUT2D eigenvalue weighted by atomic mass is 9.96. The molecule has 1 fully saturated rings. The largest absolute Gasteiger partial charge is 0.330 e. The van der Waals surface area contributed by atoms with Crippen LogP contribution in [0.3, 0.4) is 0 Å². The highest BCUT2D eigenvalue weighted by atomic mass is 15.3. The SMILES string of the molecule is Cc1nn(C)c(C)c1C(CN)CN1CCCCCC1.